The summed E-state index contributed by atoms with van der Waals surface area (Å²) in [7, 11) is 0. The number of rotatable bonds is 5. The quantitative estimate of drug-likeness (QED) is 0.239. The number of benzene rings is 4. The zero-order valence-electron chi connectivity index (χ0n) is 22.5. The first-order valence-electron chi connectivity index (χ1n) is 14.0. The van der Waals surface area contributed by atoms with Gasteiger partial charge in [0.05, 0.1) is 17.7 Å². The number of hydrogen-bond acceptors (Lipinski definition) is 6. The van der Waals surface area contributed by atoms with Crippen molar-refractivity contribution >= 4 is 5.69 Å². The zero-order valence-corrected chi connectivity index (χ0v) is 22.5. The number of fused-ring (bicyclic) bond motifs is 5. The van der Waals surface area contributed by atoms with Crippen molar-refractivity contribution in [2.24, 2.45) is 0 Å². The van der Waals surface area contributed by atoms with Gasteiger partial charge in [-0.25, -0.2) is 0 Å². The average molecular weight is 541 g/mol. The topological polar surface area (TPSA) is 53.1 Å². The molecular formula is C35H28N2O4. The first-order chi connectivity index (χ1) is 20.3. The number of pyridine rings is 1. The number of aromatic nitrogens is 1. The van der Waals surface area contributed by atoms with Gasteiger partial charge in [-0.1, -0.05) is 48.5 Å². The van der Waals surface area contributed by atoms with Crippen molar-refractivity contribution in [1.82, 2.24) is 4.98 Å². The predicted octanol–water partition coefficient (Wildman–Crippen LogP) is 7.01. The monoisotopic (exact) mass is 540 g/mol. The third-order valence-corrected chi connectivity index (χ3v) is 8.18. The molecule has 1 aromatic heterocycles. The molecule has 0 saturated carbocycles. The molecule has 1 atom stereocenters. The van der Waals surface area contributed by atoms with E-state index >= 15 is 0 Å². The minimum Gasteiger partial charge on any atom is -0.492 e. The molecule has 8 rings (SSSR count). The third kappa shape index (κ3) is 4.06. The first-order valence-corrected chi connectivity index (χ1v) is 14.0. The van der Waals surface area contributed by atoms with Crippen LogP contribution in [-0.2, 0) is 12.0 Å². The van der Waals surface area contributed by atoms with Crippen molar-refractivity contribution in [3.63, 3.8) is 0 Å². The lowest BCUT2D eigenvalue weighted by Crippen LogP contribution is -2.36. The van der Waals surface area contributed by atoms with E-state index in [1.807, 2.05) is 66.9 Å². The van der Waals surface area contributed by atoms with E-state index in [9.17, 15) is 0 Å². The van der Waals surface area contributed by atoms with E-state index in [4.69, 9.17) is 18.9 Å². The summed E-state index contributed by atoms with van der Waals surface area (Å²) in [5.41, 5.74) is 6.58. The van der Waals surface area contributed by atoms with Gasteiger partial charge in [0.15, 0.2) is 11.5 Å². The first kappa shape index (κ1) is 23.9. The molecule has 0 saturated heterocycles. The van der Waals surface area contributed by atoms with Gasteiger partial charge in [-0.05, 0) is 65.2 Å². The fourth-order valence-electron chi connectivity index (χ4n) is 6.37. The molecule has 0 fully saturated rings. The molecule has 6 heteroatoms. The Balaban J connectivity index is 1.24. The lowest BCUT2D eigenvalue weighted by molar-refractivity contribution is 0.171. The Morgan fingerprint density at radius 1 is 0.732 bits per heavy atom. The molecule has 4 heterocycles. The minimum atomic E-state index is -0.370. The van der Waals surface area contributed by atoms with Crippen molar-refractivity contribution in [3.05, 3.63) is 126 Å². The maximum atomic E-state index is 6.44. The van der Waals surface area contributed by atoms with Gasteiger partial charge < -0.3 is 23.8 Å². The molecule has 6 nitrogen and oxygen atoms in total. The highest BCUT2D eigenvalue weighted by molar-refractivity contribution is 5.82. The average Bonchev–Trinajstić information content (AvgIpc) is 3.54. The summed E-state index contributed by atoms with van der Waals surface area (Å²) < 4.78 is 24.4. The highest BCUT2D eigenvalue weighted by Gasteiger charge is 2.51. The Morgan fingerprint density at radius 2 is 1.51 bits per heavy atom. The van der Waals surface area contributed by atoms with Gasteiger partial charge >= 0.3 is 0 Å². The smallest absolute Gasteiger partial charge is 0.165 e. The van der Waals surface area contributed by atoms with E-state index in [0.29, 0.717) is 26.4 Å². The van der Waals surface area contributed by atoms with Gasteiger partial charge in [0, 0.05) is 30.1 Å². The van der Waals surface area contributed by atoms with Crippen LogP contribution in [0.25, 0.3) is 11.1 Å². The molecule has 4 aromatic carbocycles. The van der Waals surface area contributed by atoms with Crippen molar-refractivity contribution < 1.29 is 18.9 Å². The second-order valence-electron chi connectivity index (χ2n) is 10.7. The van der Waals surface area contributed by atoms with E-state index in [2.05, 4.69) is 52.3 Å². The third-order valence-electron chi connectivity index (χ3n) is 8.18. The highest BCUT2D eigenvalue weighted by atomic mass is 16.6. The second kappa shape index (κ2) is 9.59. The zero-order chi connectivity index (χ0) is 27.2. The molecule has 1 unspecified atom stereocenters. The molecule has 3 aliphatic heterocycles. The summed E-state index contributed by atoms with van der Waals surface area (Å²) in [4.78, 5) is 7.07. The van der Waals surface area contributed by atoms with Gasteiger partial charge in [0.2, 0.25) is 0 Å². The van der Waals surface area contributed by atoms with E-state index in [1.165, 1.54) is 16.8 Å². The van der Waals surface area contributed by atoms with Crippen LogP contribution in [0.1, 0.15) is 16.8 Å². The van der Waals surface area contributed by atoms with Gasteiger partial charge in [-0.2, -0.15) is 0 Å². The normalized spacial score (nSPS) is 18.1. The molecule has 0 radical (unpaired) electrons. The summed E-state index contributed by atoms with van der Waals surface area (Å²) in [6.07, 6.45) is 1.86. The van der Waals surface area contributed by atoms with Gasteiger partial charge in [-0.3, -0.25) is 4.98 Å². The van der Waals surface area contributed by atoms with Crippen LogP contribution in [0.4, 0.5) is 5.69 Å². The number of para-hydroxylation sites is 1. The van der Waals surface area contributed by atoms with E-state index in [1.54, 1.807) is 0 Å². The number of hydrogen-bond donors (Lipinski definition) is 0. The molecule has 5 aromatic rings. The standard InChI is InChI=1S/C35H28N2O4/c1-2-8-26(9-3-1)41-27-14-12-24(13-15-27)28-10-6-11-30-34(28)35(22-37(30)21-25-7-4-5-16-36-25)23-40-31-20-33-32(19-29(31)35)38-17-18-39-33/h1-16,19-20H,17-18,21-23H2. The summed E-state index contributed by atoms with van der Waals surface area (Å²) >= 11 is 0. The fourth-order valence-corrected chi connectivity index (χ4v) is 6.37. The van der Waals surface area contributed by atoms with Crippen LogP contribution in [0.3, 0.4) is 0 Å². The van der Waals surface area contributed by atoms with Crippen molar-refractivity contribution in [2.75, 3.05) is 31.3 Å². The Kier molecular flexibility index (Phi) is 5.59. The summed E-state index contributed by atoms with van der Waals surface area (Å²) in [6.45, 7) is 3.13. The Labute approximate surface area is 238 Å². The predicted molar refractivity (Wildman–Crippen MR) is 157 cm³/mol. The number of nitrogens with zero attached hydrogens (tertiary/aromatic N) is 2. The SMILES string of the molecule is c1ccc(Oc2ccc(-c3cccc4c3C3(COc5cc6c(cc53)OCCO6)CN4Cc3ccccn3)cc2)cc1. The Bertz CT molecular complexity index is 1720. The van der Waals surface area contributed by atoms with Crippen LogP contribution in [0.5, 0.6) is 28.7 Å². The van der Waals surface area contributed by atoms with Crippen LogP contribution in [-0.4, -0.2) is 31.3 Å². The Hall–Kier alpha value is -4.97. The lowest BCUT2D eigenvalue weighted by atomic mass is 9.74. The van der Waals surface area contributed by atoms with Crippen LogP contribution in [0, 0.1) is 0 Å². The highest BCUT2D eigenvalue weighted by Crippen LogP contribution is 2.56. The molecule has 0 aliphatic carbocycles. The van der Waals surface area contributed by atoms with Gasteiger partial charge in [-0.15, -0.1) is 0 Å². The lowest BCUT2D eigenvalue weighted by Gasteiger charge is -2.27. The molecule has 0 N–H and O–H groups in total. The fraction of sp³-hybridized carbons (Fsp3) is 0.171. The van der Waals surface area contributed by atoms with Crippen LogP contribution >= 0.6 is 0 Å². The number of anilines is 1. The van der Waals surface area contributed by atoms with Crippen LogP contribution in [0.2, 0.25) is 0 Å². The van der Waals surface area contributed by atoms with E-state index in [-0.39, 0.29) is 5.41 Å². The van der Waals surface area contributed by atoms with Crippen LogP contribution in [0.15, 0.2) is 109 Å². The van der Waals surface area contributed by atoms with E-state index < -0.39 is 0 Å². The van der Waals surface area contributed by atoms with Crippen molar-refractivity contribution in [3.8, 4) is 39.9 Å². The van der Waals surface area contributed by atoms with E-state index in [0.717, 1.165) is 52.1 Å². The maximum absolute atomic E-state index is 6.44. The molecule has 202 valence electrons. The van der Waals surface area contributed by atoms with Crippen molar-refractivity contribution in [2.45, 2.75) is 12.0 Å². The maximum Gasteiger partial charge on any atom is 0.165 e. The minimum absolute atomic E-state index is 0.370. The summed E-state index contributed by atoms with van der Waals surface area (Å²) in [6, 6.07) is 35.0. The molecule has 1 spiro atoms. The van der Waals surface area contributed by atoms with Crippen LogP contribution < -0.4 is 23.8 Å². The summed E-state index contributed by atoms with van der Waals surface area (Å²) in [5.74, 6) is 4.01. The molecule has 3 aliphatic rings. The molecule has 41 heavy (non-hydrogen) atoms. The Morgan fingerprint density at radius 3 is 2.32 bits per heavy atom. The number of ether oxygens (including phenoxy) is 4. The van der Waals surface area contributed by atoms with Gasteiger partial charge in [0.1, 0.15) is 37.1 Å². The molecule has 0 amide bonds. The molecular weight excluding hydrogens is 512 g/mol. The second-order valence-corrected chi connectivity index (χ2v) is 10.7. The summed E-state index contributed by atoms with van der Waals surface area (Å²) in [5, 5.41) is 0. The van der Waals surface area contributed by atoms with Gasteiger partial charge in [0.25, 0.3) is 0 Å². The largest absolute Gasteiger partial charge is 0.492 e. The molecule has 0 bridgehead atoms. The van der Waals surface area contributed by atoms with Crippen molar-refractivity contribution in [1.29, 1.82) is 0 Å².